The zero-order valence-corrected chi connectivity index (χ0v) is 25.9. The van der Waals surface area contributed by atoms with Crippen molar-refractivity contribution in [3.63, 3.8) is 0 Å². The summed E-state index contributed by atoms with van der Waals surface area (Å²) in [6, 6.07) is 13.1. The molecule has 2 fully saturated rings. The number of hydrogen-bond donors (Lipinski definition) is 0. The van der Waals surface area contributed by atoms with Gasteiger partial charge in [-0.25, -0.2) is 8.42 Å². The van der Waals surface area contributed by atoms with Crippen LogP contribution in [0.1, 0.15) is 25.7 Å². The lowest BCUT2D eigenvalue weighted by molar-refractivity contribution is -0.458. The molecular weight excluding hydrogens is 779 g/mol. The number of rotatable bonds is 10. The van der Waals surface area contributed by atoms with Crippen molar-refractivity contribution in [3.05, 3.63) is 36.4 Å². The van der Waals surface area contributed by atoms with E-state index in [4.69, 9.17) is 9.47 Å². The minimum Gasteiger partial charge on any atom is -0.743 e. The summed E-state index contributed by atoms with van der Waals surface area (Å²) in [5.74, 6) is -48.5. The van der Waals surface area contributed by atoms with Crippen LogP contribution in [0, 0.1) is 0 Å². The molecule has 2 saturated heterocycles. The van der Waals surface area contributed by atoms with Gasteiger partial charge in [0.05, 0.1) is 6.61 Å². The topological polar surface area (TPSA) is 75.7 Å². The fraction of sp³-hybridized carbons (Fsp3) is 0.615. The van der Waals surface area contributed by atoms with E-state index >= 15 is 0 Å². The lowest BCUT2D eigenvalue weighted by Crippen LogP contribution is -2.75. The molecule has 1 atom stereocenters. The molecule has 0 N–H and O–H groups in total. The van der Waals surface area contributed by atoms with Crippen molar-refractivity contribution < 1.29 is 97.1 Å². The van der Waals surface area contributed by atoms with Gasteiger partial charge < -0.3 is 14.0 Å². The SMILES string of the molecule is O=S(=O)([O-])C(F)(F)C(F)(F)C(F)(F)C(F)(F)C(F)(F)C(F)(F)C(F)(F)C(F)(F)F.c1ccc2c([S+]3CCCC3)ccc(OC3CCCO3)c2c1. The van der Waals surface area contributed by atoms with Crippen LogP contribution in [0.15, 0.2) is 41.3 Å². The van der Waals surface area contributed by atoms with Crippen molar-refractivity contribution in [1.29, 1.82) is 0 Å². The highest BCUT2D eigenvalue weighted by Gasteiger charge is 2.95. The van der Waals surface area contributed by atoms with Crippen LogP contribution in [0.4, 0.5) is 74.6 Å². The van der Waals surface area contributed by atoms with E-state index in [9.17, 15) is 87.6 Å². The van der Waals surface area contributed by atoms with E-state index < -0.39 is 57.1 Å². The molecule has 0 aromatic heterocycles. The van der Waals surface area contributed by atoms with Crippen molar-refractivity contribution in [2.24, 2.45) is 0 Å². The van der Waals surface area contributed by atoms with E-state index in [1.165, 1.54) is 40.0 Å². The number of ether oxygens (including phenoxy) is 2. The minimum atomic E-state index is -8.92. The molecule has 2 aliphatic heterocycles. The maximum Gasteiger partial charge on any atom is 0.460 e. The van der Waals surface area contributed by atoms with Gasteiger partial charge in [-0.1, -0.05) is 18.2 Å². The van der Waals surface area contributed by atoms with Crippen molar-refractivity contribution in [2.45, 2.75) is 83.8 Å². The minimum absolute atomic E-state index is 0.0619. The van der Waals surface area contributed by atoms with Crippen molar-refractivity contribution in [1.82, 2.24) is 0 Å². The van der Waals surface area contributed by atoms with Gasteiger partial charge in [0.2, 0.25) is 0 Å². The molecule has 0 amide bonds. The Morgan fingerprint density at radius 2 is 1.10 bits per heavy atom. The molecule has 0 saturated carbocycles. The molecular formula is C26H21F17O5S2. The molecule has 286 valence electrons. The number of benzene rings is 2. The molecule has 2 heterocycles. The lowest BCUT2D eigenvalue weighted by atomic mass is 9.91. The summed E-state index contributed by atoms with van der Waals surface area (Å²) in [5, 5.41) is -5.34. The summed E-state index contributed by atoms with van der Waals surface area (Å²) < 4.78 is 256. The van der Waals surface area contributed by atoms with Gasteiger partial charge in [0.1, 0.15) is 17.3 Å². The predicted molar refractivity (Wildman–Crippen MR) is 139 cm³/mol. The second-order valence-corrected chi connectivity index (χ2v) is 14.4. The number of hydrogen-bond acceptors (Lipinski definition) is 5. The molecule has 50 heavy (non-hydrogen) atoms. The fourth-order valence-corrected chi connectivity index (χ4v) is 7.50. The van der Waals surface area contributed by atoms with E-state index in [0.29, 0.717) is 10.9 Å². The predicted octanol–water partition coefficient (Wildman–Crippen LogP) is 8.62. The van der Waals surface area contributed by atoms with E-state index in [-0.39, 0.29) is 6.29 Å². The van der Waals surface area contributed by atoms with Gasteiger partial charge in [0.25, 0.3) is 0 Å². The zero-order chi connectivity index (χ0) is 38.6. The summed E-state index contributed by atoms with van der Waals surface area (Å²) in [4.78, 5) is 1.53. The first kappa shape index (κ1) is 41.9. The van der Waals surface area contributed by atoms with Gasteiger partial charge in [-0.05, 0) is 37.5 Å². The van der Waals surface area contributed by atoms with Gasteiger partial charge in [-0.3, -0.25) is 0 Å². The second kappa shape index (κ2) is 13.5. The van der Waals surface area contributed by atoms with Crippen molar-refractivity contribution in [3.8, 4) is 5.75 Å². The number of alkyl halides is 17. The Morgan fingerprint density at radius 3 is 1.54 bits per heavy atom. The molecule has 2 aliphatic rings. The normalized spacial score (nSPS) is 19.4. The summed E-state index contributed by atoms with van der Waals surface area (Å²) in [6.07, 6.45) is -3.09. The summed E-state index contributed by atoms with van der Waals surface area (Å²) in [5.41, 5.74) is 0. The molecule has 4 rings (SSSR count). The Hall–Kier alpha value is -2.47. The molecule has 5 nitrogen and oxygen atoms in total. The highest BCUT2D eigenvalue weighted by Crippen LogP contribution is 2.64. The molecule has 2 aromatic rings. The van der Waals surface area contributed by atoms with E-state index in [1.807, 2.05) is 0 Å². The van der Waals surface area contributed by atoms with Crippen molar-refractivity contribution >= 4 is 31.8 Å². The molecule has 0 bridgehead atoms. The third-order valence-corrected chi connectivity index (χ3v) is 10.8. The van der Waals surface area contributed by atoms with E-state index in [2.05, 4.69) is 36.4 Å². The van der Waals surface area contributed by atoms with Gasteiger partial charge in [-0.2, -0.15) is 74.6 Å². The average Bonchev–Trinajstić information content (AvgIpc) is 3.71. The van der Waals surface area contributed by atoms with Gasteiger partial charge in [0.15, 0.2) is 21.3 Å². The quantitative estimate of drug-likeness (QED) is 0.137. The fourth-order valence-electron chi connectivity index (χ4n) is 4.56. The molecule has 2 aromatic carbocycles. The van der Waals surface area contributed by atoms with E-state index in [1.54, 1.807) is 0 Å². The Labute approximate surface area is 273 Å². The van der Waals surface area contributed by atoms with Gasteiger partial charge >= 0.3 is 47.0 Å². The molecule has 0 aliphatic carbocycles. The third-order valence-electron chi connectivity index (χ3n) is 7.34. The lowest BCUT2D eigenvalue weighted by Gasteiger charge is -2.42. The van der Waals surface area contributed by atoms with Crippen LogP contribution in [-0.4, -0.2) is 84.3 Å². The van der Waals surface area contributed by atoms with Crippen LogP contribution < -0.4 is 4.74 Å². The summed E-state index contributed by atoms with van der Waals surface area (Å²) in [7, 11) is -7.71. The highest BCUT2D eigenvalue weighted by atomic mass is 32.2. The Balaban J connectivity index is 0.000000281. The first-order valence-electron chi connectivity index (χ1n) is 13.6. The maximum atomic E-state index is 13.0. The zero-order valence-electron chi connectivity index (χ0n) is 24.3. The summed E-state index contributed by atoms with van der Waals surface area (Å²) in [6.45, 7) is 0.824. The Morgan fingerprint density at radius 1 is 0.640 bits per heavy atom. The van der Waals surface area contributed by atoms with Crippen LogP contribution in [0.3, 0.4) is 0 Å². The number of fused-ring (bicyclic) bond motifs is 1. The average molecular weight is 801 g/mol. The van der Waals surface area contributed by atoms with E-state index in [0.717, 1.165) is 25.2 Å². The highest BCUT2D eigenvalue weighted by molar-refractivity contribution is 7.97. The first-order chi connectivity index (χ1) is 22.4. The van der Waals surface area contributed by atoms with Gasteiger partial charge in [-0.15, -0.1) is 0 Å². The molecule has 24 heteroatoms. The third kappa shape index (κ3) is 6.76. The van der Waals surface area contributed by atoms with Crippen molar-refractivity contribution in [2.75, 3.05) is 18.1 Å². The largest absolute Gasteiger partial charge is 0.743 e. The van der Waals surface area contributed by atoms with Crippen LogP contribution in [-0.2, 0) is 25.7 Å². The molecule has 0 spiro atoms. The molecule has 1 unspecified atom stereocenters. The Kier molecular flexibility index (Phi) is 11.3. The van der Waals surface area contributed by atoms with Crippen LogP contribution >= 0.6 is 0 Å². The summed E-state index contributed by atoms with van der Waals surface area (Å²) >= 11 is 0. The first-order valence-corrected chi connectivity index (χ1v) is 16.5. The Bertz CT molecular complexity index is 1620. The van der Waals surface area contributed by atoms with Crippen LogP contribution in [0.2, 0.25) is 0 Å². The van der Waals surface area contributed by atoms with Crippen LogP contribution in [0.25, 0.3) is 10.8 Å². The number of halogens is 17. The monoisotopic (exact) mass is 800 g/mol. The smallest absolute Gasteiger partial charge is 0.460 e. The maximum absolute atomic E-state index is 13.0. The standard InChI is InChI=1S/C18H21O2S.C8HF17O3S/c1-2-7-15-14(6-1)16(20-18-8-5-11-19-18)9-10-17(15)21-12-3-4-13-21;9-1(10,3(13,14)5(17,18)7(21,22)23)2(11,12)4(15,16)6(19,20)8(24,25)29(26,27)28/h1-2,6-7,9-10,18H,3-5,8,11-13H2;(H,26,27,28)/q+1;/p-1. The molecule has 0 radical (unpaired) electrons. The van der Waals surface area contributed by atoms with Gasteiger partial charge in [0, 0.05) is 28.1 Å². The van der Waals surface area contributed by atoms with Crippen LogP contribution in [0.5, 0.6) is 5.75 Å². The second-order valence-electron chi connectivity index (χ2n) is 10.7.